The van der Waals surface area contributed by atoms with Crippen LogP contribution >= 0.6 is 0 Å². The van der Waals surface area contributed by atoms with Gasteiger partial charge in [0.25, 0.3) is 11.8 Å². The number of nitrogens with zero attached hydrogens (tertiary/aromatic N) is 1. The Kier molecular flexibility index (Phi) is 4.53. The van der Waals surface area contributed by atoms with E-state index in [0.29, 0.717) is 17.7 Å². The van der Waals surface area contributed by atoms with Gasteiger partial charge >= 0.3 is 0 Å². The molecular formula is C23H24N2O3. The first kappa shape index (κ1) is 18.4. The third-order valence-corrected chi connectivity index (χ3v) is 5.84. The first-order chi connectivity index (χ1) is 13.4. The Morgan fingerprint density at radius 3 is 2.00 bits per heavy atom. The molecule has 2 aliphatic rings. The van der Waals surface area contributed by atoms with Crippen molar-refractivity contribution in [1.29, 1.82) is 0 Å². The van der Waals surface area contributed by atoms with Crippen LogP contribution in [0.1, 0.15) is 53.0 Å². The predicted octanol–water partition coefficient (Wildman–Crippen LogP) is 3.16. The molecule has 1 heterocycles. The van der Waals surface area contributed by atoms with E-state index in [1.165, 1.54) is 5.56 Å². The predicted molar refractivity (Wildman–Crippen MR) is 106 cm³/mol. The zero-order chi connectivity index (χ0) is 19.9. The largest absolute Gasteiger partial charge is 0.353 e. The quantitative estimate of drug-likeness (QED) is 0.788. The van der Waals surface area contributed by atoms with Gasteiger partial charge in [-0.2, -0.15) is 0 Å². The van der Waals surface area contributed by atoms with Gasteiger partial charge in [0.15, 0.2) is 0 Å². The van der Waals surface area contributed by atoms with Crippen LogP contribution in [0.3, 0.4) is 0 Å². The molecule has 2 aromatic carbocycles. The number of imide groups is 1. The standard InChI is InChI=1S/C23H24N2O3/c1-15(2)19(25-21(27)17-10-6-7-11-18(17)22(25)28)20(26)24-14-23(12-13-23)16-8-4-3-5-9-16/h3-11,15,19H,12-14H2,1-2H3,(H,24,26). The fourth-order valence-corrected chi connectivity index (χ4v) is 4.05. The molecular weight excluding hydrogens is 352 g/mol. The van der Waals surface area contributed by atoms with E-state index in [1.807, 2.05) is 32.0 Å². The summed E-state index contributed by atoms with van der Waals surface area (Å²) in [5, 5.41) is 3.03. The summed E-state index contributed by atoms with van der Waals surface area (Å²) in [7, 11) is 0. The van der Waals surface area contributed by atoms with Crippen LogP contribution in [0, 0.1) is 5.92 Å². The van der Waals surface area contributed by atoms with Crippen LogP contribution in [0.15, 0.2) is 54.6 Å². The summed E-state index contributed by atoms with van der Waals surface area (Å²) in [5.74, 6) is -1.24. The highest BCUT2D eigenvalue weighted by atomic mass is 16.2. The van der Waals surface area contributed by atoms with E-state index in [0.717, 1.165) is 17.7 Å². The molecule has 28 heavy (non-hydrogen) atoms. The Hall–Kier alpha value is -2.95. The van der Waals surface area contributed by atoms with E-state index in [2.05, 4.69) is 17.4 Å². The number of carbonyl (C=O) groups excluding carboxylic acids is 3. The monoisotopic (exact) mass is 376 g/mol. The molecule has 1 atom stereocenters. The lowest BCUT2D eigenvalue weighted by molar-refractivity contribution is -0.126. The van der Waals surface area contributed by atoms with E-state index in [-0.39, 0.29) is 17.2 Å². The molecule has 1 aliphatic carbocycles. The molecule has 1 fully saturated rings. The van der Waals surface area contributed by atoms with Gasteiger partial charge in [-0.25, -0.2) is 0 Å². The summed E-state index contributed by atoms with van der Waals surface area (Å²) in [5.41, 5.74) is 1.93. The van der Waals surface area contributed by atoms with Crippen molar-refractivity contribution in [2.24, 2.45) is 5.92 Å². The van der Waals surface area contributed by atoms with Gasteiger partial charge in [0, 0.05) is 12.0 Å². The lowest BCUT2D eigenvalue weighted by Gasteiger charge is -2.29. The number of benzene rings is 2. The zero-order valence-corrected chi connectivity index (χ0v) is 16.1. The third kappa shape index (κ3) is 3.01. The number of nitrogens with one attached hydrogen (secondary N) is 1. The molecule has 0 aromatic heterocycles. The van der Waals surface area contributed by atoms with Crippen LogP contribution in [0.4, 0.5) is 0 Å². The smallest absolute Gasteiger partial charge is 0.262 e. The Bertz CT molecular complexity index is 897. The van der Waals surface area contributed by atoms with Crippen LogP contribution in [-0.2, 0) is 10.2 Å². The van der Waals surface area contributed by atoms with Gasteiger partial charge in [-0.3, -0.25) is 19.3 Å². The van der Waals surface area contributed by atoms with Gasteiger partial charge in [-0.1, -0.05) is 56.3 Å². The highest BCUT2D eigenvalue weighted by molar-refractivity contribution is 6.22. The van der Waals surface area contributed by atoms with Gasteiger partial charge in [0.1, 0.15) is 6.04 Å². The fourth-order valence-electron chi connectivity index (χ4n) is 4.05. The number of carbonyl (C=O) groups is 3. The minimum Gasteiger partial charge on any atom is -0.353 e. The Labute approximate surface area is 164 Å². The number of hydrogen-bond acceptors (Lipinski definition) is 3. The van der Waals surface area contributed by atoms with Crippen molar-refractivity contribution in [2.75, 3.05) is 6.54 Å². The molecule has 0 saturated heterocycles. The number of rotatable bonds is 6. The van der Waals surface area contributed by atoms with Crippen LogP contribution in [-0.4, -0.2) is 35.2 Å². The van der Waals surface area contributed by atoms with E-state index in [9.17, 15) is 14.4 Å². The van der Waals surface area contributed by atoms with Gasteiger partial charge in [0.2, 0.25) is 5.91 Å². The maximum Gasteiger partial charge on any atom is 0.262 e. The number of fused-ring (bicyclic) bond motifs is 1. The van der Waals surface area contributed by atoms with E-state index in [1.54, 1.807) is 24.3 Å². The molecule has 3 amide bonds. The second-order valence-electron chi connectivity index (χ2n) is 8.08. The van der Waals surface area contributed by atoms with Crippen LogP contribution in [0.5, 0.6) is 0 Å². The maximum atomic E-state index is 13.1. The average molecular weight is 376 g/mol. The molecule has 1 saturated carbocycles. The maximum absolute atomic E-state index is 13.1. The number of hydrogen-bond donors (Lipinski definition) is 1. The van der Waals surface area contributed by atoms with E-state index >= 15 is 0 Å². The first-order valence-electron chi connectivity index (χ1n) is 9.75. The Morgan fingerprint density at radius 1 is 0.964 bits per heavy atom. The highest BCUT2D eigenvalue weighted by Crippen LogP contribution is 2.47. The van der Waals surface area contributed by atoms with Crippen molar-refractivity contribution in [3.05, 3.63) is 71.3 Å². The molecule has 0 spiro atoms. The van der Waals surface area contributed by atoms with Crippen molar-refractivity contribution >= 4 is 17.7 Å². The molecule has 2 aromatic rings. The van der Waals surface area contributed by atoms with Crippen molar-refractivity contribution in [3.63, 3.8) is 0 Å². The highest BCUT2D eigenvalue weighted by Gasteiger charge is 2.47. The van der Waals surface area contributed by atoms with Crippen LogP contribution in [0.25, 0.3) is 0 Å². The summed E-state index contributed by atoms with van der Waals surface area (Å²) in [6.07, 6.45) is 2.05. The second-order valence-corrected chi connectivity index (χ2v) is 8.08. The molecule has 0 radical (unpaired) electrons. The molecule has 0 bridgehead atoms. The van der Waals surface area contributed by atoms with Gasteiger partial charge in [-0.15, -0.1) is 0 Å². The van der Waals surface area contributed by atoms with E-state index < -0.39 is 17.9 Å². The molecule has 5 nitrogen and oxygen atoms in total. The summed E-state index contributed by atoms with van der Waals surface area (Å²) >= 11 is 0. The molecule has 5 heteroatoms. The lowest BCUT2D eigenvalue weighted by atomic mass is 9.95. The summed E-state index contributed by atoms with van der Waals surface area (Å²) < 4.78 is 0. The van der Waals surface area contributed by atoms with Crippen LogP contribution < -0.4 is 5.32 Å². The molecule has 1 aliphatic heterocycles. The Morgan fingerprint density at radius 2 is 1.50 bits per heavy atom. The minimum absolute atomic E-state index is 0.0273. The summed E-state index contributed by atoms with van der Waals surface area (Å²) in [6.45, 7) is 4.23. The van der Waals surface area contributed by atoms with Gasteiger partial charge < -0.3 is 5.32 Å². The van der Waals surface area contributed by atoms with Crippen molar-refractivity contribution in [1.82, 2.24) is 10.2 Å². The third-order valence-electron chi connectivity index (χ3n) is 5.84. The van der Waals surface area contributed by atoms with Crippen molar-refractivity contribution in [2.45, 2.75) is 38.1 Å². The minimum atomic E-state index is -0.820. The number of amides is 3. The van der Waals surface area contributed by atoms with Gasteiger partial charge in [0.05, 0.1) is 11.1 Å². The topological polar surface area (TPSA) is 66.5 Å². The zero-order valence-electron chi connectivity index (χ0n) is 16.1. The lowest BCUT2D eigenvalue weighted by Crippen LogP contribution is -2.53. The van der Waals surface area contributed by atoms with Gasteiger partial charge in [-0.05, 0) is 36.5 Å². The molecule has 1 unspecified atom stereocenters. The second kappa shape index (κ2) is 6.89. The fraction of sp³-hybridized carbons (Fsp3) is 0.348. The van der Waals surface area contributed by atoms with E-state index in [4.69, 9.17) is 0 Å². The molecule has 1 N–H and O–H groups in total. The van der Waals surface area contributed by atoms with Crippen molar-refractivity contribution < 1.29 is 14.4 Å². The first-order valence-corrected chi connectivity index (χ1v) is 9.75. The summed E-state index contributed by atoms with van der Waals surface area (Å²) in [4.78, 5) is 39.8. The Balaban J connectivity index is 1.52. The average Bonchev–Trinajstić information content (AvgIpc) is 3.46. The molecule has 4 rings (SSSR count). The SMILES string of the molecule is CC(C)C(C(=O)NCC1(c2ccccc2)CC1)N1C(=O)c2ccccc2C1=O. The molecule has 144 valence electrons. The van der Waals surface area contributed by atoms with Crippen molar-refractivity contribution in [3.8, 4) is 0 Å². The summed E-state index contributed by atoms with van der Waals surface area (Å²) in [6, 6.07) is 16.1. The normalized spacial score (nSPS) is 18.2. The van der Waals surface area contributed by atoms with Crippen LogP contribution in [0.2, 0.25) is 0 Å².